The molecule has 2 fully saturated rings. The van der Waals surface area contributed by atoms with E-state index in [2.05, 4.69) is 5.32 Å². The van der Waals surface area contributed by atoms with Crippen LogP contribution in [-0.2, 0) is 29.2 Å². The van der Waals surface area contributed by atoms with E-state index in [0.29, 0.717) is 16.8 Å². The fourth-order valence-electron chi connectivity index (χ4n) is 6.00. The fraction of sp³-hybridized carbons (Fsp3) is 0.333. The van der Waals surface area contributed by atoms with Crippen molar-refractivity contribution in [2.45, 2.75) is 37.6 Å². The lowest BCUT2D eigenvalue weighted by Crippen LogP contribution is -2.58. The van der Waals surface area contributed by atoms with Crippen molar-refractivity contribution in [3.05, 3.63) is 66.4 Å². The quantitative estimate of drug-likeness (QED) is 0.637. The summed E-state index contributed by atoms with van der Waals surface area (Å²) in [6.07, 6.45) is 1.71. The second-order valence-corrected chi connectivity index (χ2v) is 11.6. The molecule has 36 heavy (non-hydrogen) atoms. The summed E-state index contributed by atoms with van der Waals surface area (Å²) in [5, 5.41) is 2.61. The Labute approximate surface area is 209 Å². The average molecular weight is 507 g/mol. The van der Waals surface area contributed by atoms with E-state index in [4.69, 9.17) is 0 Å². The molecule has 5 rings (SSSR count). The number of Topliss-reactive ketones (excluding diaryl/α,β-unsaturated/α-hetero) is 3. The number of anilines is 1. The van der Waals surface area contributed by atoms with E-state index in [1.165, 1.54) is 41.7 Å². The molecule has 5 atom stereocenters. The van der Waals surface area contributed by atoms with Crippen LogP contribution in [0.1, 0.15) is 32.3 Å². The number of amides is 1. The van der Waals surface area contributed by atoms with Gasteiger partial charge in [-0.25, -0.2) is 8.42 Å². The van der Waals surface area contributed by atoms with E-state index in [1.807, 2.05) is 6.07 Å². The molecule has 0 spiro atoms. The van der Waals surface area contributed by atoms with Crippen LogP contribution in [0.5, 0.6) is 0 Å². The number of ketones is 3. The van der Waals surface area contributed by atoms with Crippen LogP contribution in [0, 0.1) is 23.7 Å². The summed E-state index contributed by atoms with van der Waals surface area (Å²) in [4.78, 5) is 50.7. The Hall–Kier alpha value is -3.59. The molecule has 0 radical (unpaired) electrons. The van der Waals surface area contributed by atoms with Gasteiger partial charge in [-0.1, -0.05) is 37.3 Å². The topological polar surface area (TPSA) is 118 Å². The van der Waals surface area contributed by atoms with E-state index < -0.39 is 45.4 Å². The average Bonchev–Trinajstić information content (AvgIpc) is 3.25. The lowest BCUT2D eigenvalue weighted by atomic mass is 9.59. The summed E-state index contributed by atoms with van der Waals surface area (Å²) < 4.78 is 29.1. The highest BCUT2D eigenvalue weighted by molar-refractivity contribution is 7.89. The van der Waals surface area contributed by atoms with Crippen molar-refractivity contribution in [3.63, 3.8) is 0 Å². The van der Waals surface area contributed by atoms with Crippen molar-refractivity contribution in [1.82, 2.24) is 4.31 Å². The SMILES string of the molecule is CC(=O)Nc1ccc(S(=O)(=O)N2C=C(c3ccccc3)C3C(=O)C(=O)C4C(C)CC(=O)CC4C32)cc1. The van der Waals surface area contributed by atoms with Gasteiger partial charge in [-0.05, 0) is 47.2 Å². The van der Waals surface area contributed by atoms with Crippen molar-refractivity contribution >= 4 is 44.5 Å². The lowest BCUT2D eigenvalue weighted by Gasteiger charge is -2.46. The number of carbonyl (C=O) groups excluding carboxylic acids is 4. The van der Waals surface area contributed by atoms with E-state index in [1.54, 1.807) is 31.2 Å². The predicted octanol–water partition coefficient (Wildman–Crippen LogP) is 3.06. The second kappa shape index (κ2) is 8.81. The molecule has 2 saturated carbocycles. The first kappa shape index (κ1) is 24.1. The number of fused-ring (bicyclic) bond motifs is 3. The number of sulfonamides is 1. The first-order chi connectivity index (χ1) is 17.1. The molecule has 8 nitrogen and oxygen atoms in total. The standard InChI is InChI=1S/C27H26N2O6S/c1-15-12-19(31)13-21-23(15)26(32)27(33)24-22(17-6-4-3-5-7-17)14-29(25(21)24)36(34,35)20-10-8-18(9-11-20)28-16(2)30/h3-11,14-15,21,23-25H,12-13H2,1-2H3,(H,28,30). The van der Waals surface area contributed by atoms with E-state index in [9.17, 15) is 27.6 Å². The van der Waals surface area contributed by atoms with E-state index >= 15 is 0 Å². The van der Waals surface area contributed by atoms with Gasteiger partial charge in [0.2, 0.25) is 17.5 Å². The van der Waals surface area contributed by atoms with Gasteiger partial charge < -0.3 is 5.32 Å². The molecule has 1 amide bonds. The predicted molar refractivity (Wildman–Crippen MR) is 132 cm³/mol. The van der Waals surface area contributed by atoms with Crippen molar-refractivity contribution in [3.8, 4) is 0 Å². The monoisotopic (exact) mass is 506 g/mol. The Morgan fingerprint density at radius 3 is 2.25 bits per heavy atom. The summed E-state index contributed by atoms with van der Waals surface area (Å²) >= 11 is 0. The van der Waals surface area contributed by atoms with E-state index in [0.717, 1.165) is 0 Å². The van der Waals surface area contributed by atoms with Gasteiger partial charge in [0.25, 0.3) is 10.0 Å². The molecule has 2 aromatic carbocycles. The molecule has 2 aliphatic carbocycles. The first-order valence-electron chi connectivity index (χ1n) is 11.9. The molecule has 0 saturated heterocycles. The number of carbonyl (C=O) groups is 4. The third-order valence-electron chi connectivity index (χ3n) is 7.45. The van der Waals surface area contributed by atoms with Crippen LogP contribution < -0.4 is 5.32 Å². The van der Waals surface area contributed by atoms with Crippen LogP contribution in [0.25, 0.3) is 5.57 Å². The Balaban J connectivity index is 1.64. The van der Waals surface area contributed by atoms with Crippen LogP contribution in [-0.4, -0.2) is 42.0 Å². The number of benzene rings is 2. The summed E-state index contributed by atoms with van der Waals surface area (Å²) in [6, 6.07) is 13.8. The third-order valence-corrected chi connectivity index (χ3v) is 9.22. The van der Waals surface area contributed by atoms with Crippen LogP contribution in [0.3, 0.4) is 0 Å². The summed E-state index contributed by atoms with van der Waals surface area (Å²) in [5.41, 5.74) is 1.56. The number of rotatable bonds is 4. The van der Waals surface area contributed by atoms with Gasteiger partial charge in [0.15, 0.2) is 0 Å². The van der Waals surface area contributed by atoms with Gasteiger partial charge in [-0.2, -0.15) is 0 Å². The zero-order valence-corrected chi connectivity index (χ0v) is 20.7. The lowest BCUT2D eigenvalue weighted by molar-refractivity contribution is -0.151. The normalized spacial score (nSPS) is 27.8. The molecular weight excluding hydrogens is 480 g/mol. The second-order valence-electron chi connectivity index (χ2n) is 9.80. The van der Waals surface area contributed by atoms with Crippen molar-refractivity contribution in [1.29, 1.82) is 0 Å². The maximum absolute atomic E-state index is 13.9. The molecule has 1 N–H and O–H groups in total. The van der Waals surface area contributed by atoms with Crippen molar-refractivity contribution < 1.29 is 27.6 Å². The van der Waals surface area contributed by atoms with Gasteiger partial charge in [-0.3, -0.25) is 23.5 Å². The number of hydrogen-bond acceptors (Lipinski definition) is 6. The molecule has 0 bridgehead atoms. The van der Waals surface area contributed by atoms with Crippen LogP contribution >= 0.6 is 0 Å². The maximum Gasteiger partial charge on any atom is 0.264 e. The largest absolute Gasteiger partial charge is 0.326 e. The van der Waals surface area contributed by atoms with Gasteiger partial charge in [-0.15, -0.1) is 0 Å². The molecule has 0 aromatic heterocycles. The summed E-state index contributed by atoms with van der Waals surface area (Å²) in [6.45, 7) is 3.13. The summed E-state index contributed by atoms with van der Waals surface area (Å²) in [7, 11) is -4.15. The Bertz CT molecular complexity index is 1400. The van der Waals surface area contributed by atoms with Crippen molar-refractivity contribution in [2.24, 2.45) is 23.7 Å². The fourth-order valence-corrected chi connectivity index (χ4v) is 7.58. The minimum atomic E-state index is -4.15. The zero-order chi connectivity index (χ0) is 25.8. The Morgan fingerprint density at radius 1 is 0.944 bits per heavy atom. The minimum absolute atomic E-state index is 0.0167. The summed E-state index contributed by atoms with van der Waals surface area (Å²) in [5.74, 6) is -4.03. The highest BCUT2D eigenvalue weighted by atomic mass is 32.2. The molecular formula is C27H26N2O6S. The molecule has 5 unspecified atom stereocenters. The van der Waals surface area contributed by atoms with Crippen LogP contribution in [0.2, 0.25) is 0 Å². The van der Waals surface area contributed by atoms with Gasteiger partial charge in [0.05, 0.1) is 16.9 Å². The smallest absolute Gasteiger partial charge is 0.264 e. The van der Waals surface area contributed by atoms with Gasteiger partial charge in [0.1, 0.15) is 5.78 Å². The zero-order valence-electron chi connectivity index (χ0n) is 19.9. The van der Waals surface area contributed by atoms with Crippen LogP contribution in [0.4, 0.5) is 5.69 Å². The molecule has 1 aliphatic heterocycles. The van der Waals surface area contributed by atoms with E-state index in [-0.39, 0.29) is 35.3 Å². The van der Waals surface area contributed by atoms with Gasteiger partial charge in [0, 0.05) is 37.6 Å². The minimum Gasteiger partial charge on any atom is -0.326 e. The number of nitrogens with one attached hydrogen (secondary N) is 1. The first-order valence-corrected chi connectivity index (χ1v) is 13.3. The van der Waals surface area contributed by atoms with Crippen molar-refractivity contribution in [2.75, 3.05) is 5.32 Å². The van der Waals surface area contributed by atoms with Crippen LogP contribution in [0.15, 0.2) is 65.7 Å². The third kappa shape index (κ3) is 3.87. The highest BCUT2D eigenvalue weighted by Gasteiger charge is 2.60. The Morgan fingerprint density at radius 2 is 1.61 bits per heavy atom. The number of hydrogen-bond donors (Lipinski definition) is 1. The maximum atomic E-state index is 13.9. The molecule has 3 aliphatic rings. The number of nitrogens with zero attached hydrogens (tertiary/aromatic N) is 1. The molecule has 9 heteroatoms. The molecule has 2 aromatic rings. The Kier molecular flexibility index (Phi) is 5.90. The molecule has 186 valence electrons. The highest BCUT2D eigenvalue weighted by Crippen LogP contribution is 2.51. The molecule has 1 heterocycles. The van der Waals surface area contributed by atoms with Gasteiger partial charge >= 0.3 is 0 Å².